The summed E-state index contributed by atoms with van der Waals surface area (Å²) in [5, 5.41) is 12.2. The Labute approximate surface area is 161 Å². The van der Waals surface area contributed by atoms with Gasteiger partial charge in [0.05, 0.1) is 0 Å². The fourth-order valence-corrected chi connectivity index (χ4v) is 3.92. The summed E-state index contributed by atoms with van der Waals surface area (Å²) in [4.78, 5) is 28.3. The molecule has 1 aliphatic carbocycles. The molecule has 1 saturated heterocycles. The quantitative estimate of drug-likeness (QED) is 0.831. The van der Waals surface area contributed by atoms with Crippen molar-refractivity contribution in [2.45, 2.75) is 39.2 Å². The molecule has 6 nitrogen and oxygen atoms in total. The Balaban J connectivity index is 1.41. The zero-order valence-electron chi connectivity index (χ0n) is 16.2. The van der Waals surface area contributed by atoms with Crippen LogP contribution in [0.3, 0.4) is 0 Å². The molecule has 0 unspecified atom stereocenters. The van der Waals surface area contributed by atoms with Gasteiger partial charge < -0.3 is 20.2 Å². The van der Waals surface area contributed by atoms with Gasteiger partial charge in [0.15, 0.2) is 0 Å². The van der Waals surface area contributed by atoms with Crippen LogP contribution in [0.5, 0.6) is 0 Å². The van der Waals surface area contributed by atoms with Gasteiger partial charge in [0, 0.05) is 32.8 Å². The van der Waals surface area contributed by atoms with Crippen LogP contribution in [0.15, 0.2) is 24.3 Å². The van der Waals surface area contributed by atoms with Gasteiger partial charge in [-0.05, 0) is 50.0 Å². The third-order valence-electron chi connectivity index (χ3n) is 5.87. The summed E-state index contributed by atoms with van der Waals surface area (Å²) in [5.74, 6) is 0.909. The van der Waals surface area contributed by atoms with E-state index in [2.05, 4.69) is 17.4 Å². The molecule has 2 aliphatic rings. The Hall–Kier alpha value is -2.08. The van der Waals surface area contributed by atoms with Crippen molar-refractivity contribution in [3.05, 3.63) is 35.4 Å². The van der Waals surface area contributed by atoms with Gasteiger partial charge in [-0.1, -0.05) is 29.8 Å². The SMILES string of the molecule is Cc1ccc(CN2CCN(C(=O)NCC3CCC(CO)CC3)CC2=O)cc1. The van der Waals surface area contributed by atoms with Crippen LogP contribution in [-0.4, -0.2) is 59.6 Å². The number of hydrogen-bond donors (Lipinski definition) is 2. The maximum absolute atomic E-state index is 12.4. The highest BCUT2D eigenvalue weighted by atomic mass is 16.3. The van der Waals surface area contributed by atoms with Gasteiger partial charge >= 0.3 is 6.03 Å². The molecule has 1 aliphatic heterocycles. The number of carbonyl (C=O) groups excluding carboxylic acids is 2. The van der Waals surface area contributed by atoms with Gasteiger partial charge in [-0.2, -0.15) is 0 Å². The standard InChI is InChI=1S/C21H31N3O3/c1-16-2-4-18(5-3-16)13-23-10-11-24(14-20(23)26)21(27)22-12-17-6-8-19(15-25)9-7-17/h2-5,17,19,25H,6-15H2,1H3,(H,22,27). The van der Waals surface area contributed by atoms with E-state index in [-0.39, 0.29) is 25.1 Å². The molecule has 2 N–H and O–H groups in total. The lowest BCUT2D eigenvalue weighted by Gasteiger charge is -2.35. The van der Waals surface area contributed by atoms with E-state index in [4.69, 9.17) is 0 Å². The van der Waals surface area contributed by atoms with Crippen LogP contribution in [0.2, 0.25) is 0 Å². The number of aryl methyl sites for hydroxylation is 1. The van der Waals surface area contributed by atoms with Crippen LogP contribution in [0.4, 0.5) is 4.79 Å². The van der Waals surface area contributed by atoms with Crippen molar-refractivity contribution in [3.63, 3.8) is 0 Å². The summed E-state index contributed by atoms with van der Waals surface area (Å²) < 4.78 is 0. The predicted molar refractivity (Wildman–Crippen MR) is 104 cm³/mol. The number of hydrogen-bond acceptors (Lipinski definition) is 3. The van der Waals surface area contributed by atoms with Crippen molar-refractivity contribution in [1.29, 1.82) is 0 Å². The van der Waals surface area contributed by atoms with E-state index in [0.29, 0.717) is 38.0 Å². The van der Waals surface area contributed by atoms with Gasteiger partial charge in [-0.15, -0.1) is 0 Å². The van der Waals surface area contributed by atoms with Crippen LogP contribution in [0, 0.1) is 18.8 Å². The number of carbonyl (C=O) groups is 2. The minimum atomic E-state index is -0.136. The van der Waals surface area contributed by atoms with Crippen molar-refractivity contribution in [1.82, 2.24) is 15.1 Å². The monoisotopic (exact) mass is 373 g/mol. The second kappa shape index (κ2) is 9.22. The Morgan fingerprint density at radius 3 is 2.41 bits per heavy atom. The fraction of sp³-hybridized carbons (Fsp3) is 0.619. The molecular formula is C21H31N3O3. The minimum absolute atomic E-state index is 0.000397. The lowest BCUT2D eigenvalue weighted by Crippen LogP contribution is -2.54. The number of piperazine rings is 1. The summed E-state index contributed by atoms with van der Waals surface area (Å²) in [7, 11) is 0. The first-order chi connectivity index (χ1) is 13.0. The van der Waals surface area contributed by atoms with E-state index in [9.17, 15) is 14.7 Å². The van der Waals surface area contributed by atoms with Crippen LogP contribution in [0.25, 0.3) is 0 Å². The highest BCUT2D eigenvalue weighted by Gasteiger charge is 2.28. The molecule has 0 aromatic heterocycles. The molecule has 1 heterocycles. The molecule has 1 saturated carbocycles. The molecule has 1 aromatic rings. The molecule has 3 rings (SSSR count). The summed E-state index contributed by atoms with van der Waals surface area (Å²) in [6.45, 7) is 4.87. The Morgan fingerprint density at radius 2 is 1.78 bits per heavy atom. The van der Waals surface area contributed by atoms with Crippen LogP contribution in [0.1, 0.15) is 36.8 Å². The van der Waals surface area contributed by atoms with E-state index >= 15 is 0 Å². The topological polar surface area (TPSA) is 72.9 Å². The molecule has 0 radical (unpaired) electrons. The predicted octanol–water partition coefficient (Wildman–Crippen LogP) is 2.15. The zero-order chi connectivity index (χ0) is 19.2. The molecule has 3 amide bonds. The fourth-order valence-electron chi connectivity index (χ4n) is 3.92. The third-order valence-corrected chi connectivity index (χ3v) is 5.87. The second-order valence-corrected chi connectivity index (χ2v) is 7.98. The maximum Gasteiger partial charge on any atom is 0.317 e. The number of aliphatic hydroxyl groups excluding tert-OH is 1. The van der Waals surface area contributed by atoms with E-state index in [1.54, 1.807) is 4.90 Å². The Bertz CT molecular complexity index is 639. The number of urea groups is 1. The third kappa shape index (κ3) is 5.45. The summed E-state index contributed by atoms with van der Waals surface area (Å²) in [6, 6.07) is 8.07. The molecule has 0 atom stereocenters. The minimum Gasteiger partial charge on any atom is -0.396 e. The summed E-state index contributed by atoms with van der Waals surface area (Å²) in [6.07, 6.45) is 4.17. The summed E-state index contributed by atoms with van der Waals surface area (Å²) in [5.41, 5.74) is 2.32. The number of aliphatic hydroxyl groups is 1. The first kappa shape index (κ1) is 19.7. The smallest absolute Gasteiger partial charge is 0.317 e. The van der Waals surface area contributed by atoms with E-state index in [1.807, 2.05) is 24.0 Å². The van der Waals surface area contributed by atoms with Gasteiger partial charge in [0.25, 0.3) is 0 Å². The molecule has 6 heteroatoms. The molecular weight excluding hydrogens is 342 g/mol. The lowest BCUT2D eigenvalue weighted by atomic mass is 9.82. The van der Waals surface area contributed by atoms with Gasteiger partial charge in [0.2, 0.25) is 5.91 Å². The van der Waals surface area contributed by atoms with Crippen LogP contribution >= 0.6 is 0 Å². The van der Waals surface area contributed by atoms with Crippen LogP contribution in [-0.2, 0) is 11.3 Å². The lowest BCUT2D eigenvalue weighted by molar-refractivity contribution is -0.135. The number of nitrogens with one attached hydrogen (secondary N) is 1. The van der Waals surface area contributed by atoms with E-state index in [0.717, 1.165) is 31.2 Å². The van der Waals surface area contributed by atoms with Crippen molar-refractivity contribution in [3.8, 4) is 0 Å². The first-order valence-electron chi connectivity index (χ1n) is 10.0. The molecule has 0 spiro atoms. The average molecular weight is 373 g/mol. The molecule has 1 aromatic carbocycles. The van der Waals surface area contributed by atoms with Gasteiger partial charge in [0.1, 0.15) is 6.54 Å². The van der Waals surface area contributed by atoms with Crippen molar-refractivity contribution in [2.24, 2.45) is 11.8 Å². The number of rotatable bonds is 5. The van der Waals surface area contributed by atoms with Crippen molar-refractivity contribution >= 4 is 11.9 Å². The maximum atomic E-state index is 12.4. The molecule has 27 heavy (non-hydrogen) atoms. The largest absolute Gasteiger partial charge is 0.396 e. The van der Waals surface area contributed by atoms with Gasteiger partial charge in [-0.3, -0.25) is 4.79 Å². The molecule has 148 valence electrons. The average Bonchev–Trinajstić information content (AvgIpc) is 2.69. The Kier molecular flexibility index (Phi) is 6.72. The van der Waals surface area contributed by atoms with E-state index in [1.165, 1.54) is 5.56 Å². The Morgan fingerprint density at radius 1 is 1.11 bits per heavy atom. The van der Waals surface area contributed by atoms with Crippen molar-refractivity contribution < 1.29 is 14.7 Å². The van der Waals surface area contributed by atoms with Crippen molar-refractivity contribution in [2.75, 3.05) is 32.8 Å². The number of benzene rings is 1. The molecule has 2 fully saturated rings. The highest BCUT2D eigenvalue weighted by molar-refractivity contribution is 5.85. The second-order valence-electron chi connectivity index (χ2n) is 7.98. The normalized spacial score (nSPS) is 23.4. The van der Waals surface area contributed by atoms with Crippen LogP contribution < -0.4 is 5.32 Å². The number of amides is 3. The highest BCUT2D eigenvalue weighted by Crippen LogP contribution is 2.27. The molecule has 0 bridgehead atoms. The van der Waals surface area contributed by atoms with E-state index < -0.39 is 0 Å². The summed E-state index contributed by atoms with van der Waals surface area (Å²) >= 11 is 0. The number of nitrogens with zero attached hydrogens (tertiary/aromatic N) is 2. The van der Waals surface area contributed by atoms with Gasteiger partial charge in [-0.25, -0.2) is 4.79 Å². The zero-order valence-corrected chi connectivity index (χ0v) is 16.2. The first-order valence-corrected chi connectivity index (χ1v) is 10.0.